The summed E-state index contributed by atoms with van der Waals surface area (Å²) in [7, 11) is 0. The molecule has 0 fully saturated rings. The Morgan fingerprint density at radius 2 is 0.698 bits per heavy atom. The van der Waals surface area contributed by atoms with Gasteiger partial charge in [0.1, 0.15) is 0 Å². The van der Waals surface area contributed by atoms with E-state index >= 15 is 0 Å². The maximum absolute atomic E-state index is 4.55. The van der Waals surface area contributed by atoms with Crippen LogP contribution in [0.3, 0.4) is 0 Å². The summed E-state index contributed by atoms with van der Waals surface area (Å²) >= 11 is 0. The fourth-order valence-electron chi connectivity index (χ4n) is 6.80. The molecule has 1 heterocycles. The number of nitrogens with zero attached hydrogens (tertiary/aromatic N) is 2. The summed E-state index contributed by atoms with van der Waals surface area (Å²) < 4.78 is 0. The van der Waals surface area contributed by atoms with Crippen molar-refractivity contribution in [2.45, 2.75) is 0 Å². The van der Waals surface area contributed by atoms with Gasteiger partial charge in [-0.3, -0.25) is 4.98 Å². The van der Waals surface area contributed by atoms with Gasteiger partial charge in [0.2, 0.25) is 0 Å². The van der Waals surface area contributed by atoms with Crippen LogP contribution in [0.5, 0.6) is 0 Å². The van der Waals surface area contributed by atoms with E-state index in [1.54, 1.807) is 0 Å². The Labute approximate surface area is 312 Å². The first-order valence-corrected chi connectivity index (χ1v) is 17.8. The minimum Gasteiger partial charge on any atom is -0.311 e. The van der Waals surface area contributed by atoms with E-state index in [2.05, 4.69) is 199 Å². The van der Waals surface area contributed by atoms with Gasteiger partial charge in [-0.1, -0.05) is 141 Å². The van der Waals surface area contributed by atoms with Gasteiger partial charge in [-0.25, -0.2) is 0 Å². The highest BCUT2D eigenvalue weighted by atomic mass is 15.1. The van der Waals surface area contributed by atoms with E-state index in [1.807, 2.05) is 30.5 Å². The van der Waals surface area contributed by atoms with Crippen LogP contribution < -0.4 is 4.90 Å². The van der Waals surface area contributed by atoms with Gasteiger partial charge in [0.05, 0.1) is 5.69 Å². The van der Waals surface area contributed by atoms with Crippen LogP contribution in [0.1, 0.15) is 11.1 Å². The van der Waals surface area contributed by atoms with Crippen molar-refractivity contribution in [3.05, 3.63) is 219 Å². The smallest absolute Gasteiger partial charge is 0.0702 e. The van der Waals surface area contributed by atoms with E-state index in [4.69, 9.17) is 0 Å². The molecule has 0 amide bonds. The average Bonchev–Trinajstić information content (AvgIpc) is 3.25. The van der Waals surface area contributed by atoms with Gasteiger partial charge >= 0.3 is 0 Å². The van der Waals surface area contributed by atoms with Gasteiger partial charge in [0.15, 0.2) is 0 Å². The van der Waals surface area contributed by atoms with Crippen LogP contribution in [0.15, 0.2) is 207 Å². The summed E-state index contributed by atoms with van der Waals surface area (Å²) in [6.45, 7) is 7.84. The molecule has 0 saturated carbocycles. The van der Waals surface area contributed by atoms with E-state index in [9.17, 15) is 0 Å². The van der Waals surface area contributed by atoms with Crippen LogP contribution in [0.25, 0.3) is 67.9 Å². The number of pyridine rings is 1. The molecule has 0 spiro atoms. The molecule has 0 aliphatic carbocycles. The van der Waals surface area contributed by atoms with Crippen molar-refractivity contribution >= 4 is 29.2 Å². The highest BCUT2D eigenvalue weighted by molar-refractivity contribution is 5.82. The first-order valence-electron chi connectivity index (χ1n) is 17.8. The van der Waals surface area contributed by atoms with Gasteiger partial charge in [-0.05, 0) is 128 Å². The fraction of sp³-hybridized carbons (Fsp3) is 0. The Hall–Kier alpha value is -7.03. The average molecular weight is 679 g/mol. The van der Waals surface area contributed by atoms with Crippen molar-refractivity contribution < 1.29 is 0 Å². The molecule has 0 radical (unpaired) electrons. The summed E-state index contributed by atoms with van der Waals surface area (Å²) in [5.74, 6) is 0. The zero-order chi connectivity index (χ0) is 36.0. The number of anilines is 3. The lowest BCUT2D eigenvalue weighted by atomic mass is 9.94. The molecule has 8 aromatic rings. The Bertz CT molecular complexity index is 2460. The summed E-state index contributed by atoms with van der Waals surface area (Å²) in [4.78, 5) is 6.82. The molecule has 0 unspecified atom stereocenters. The predicted molar refractivity (Wildman–Crippen MR) is 226 cm³/mol. The molecule has 2 heteroatoms. The first kappa shape index (κ1) is 33.1. The highest BCUT2D eigenvalue weighted by Gasteiger charge is 2.13. The van der Waals surface area contributed by atoms with Crippen LogP contribution in [0.2, 0.25) is 0 Å². The second kappa shape index (κ2) is 15.1. The highest BCUT2D eigenvalue weighted by Crippen LogP contribution is 2.37. The van der Waals surface area contributed by atoms with E-state index in [-0.39, 0.29) is 0 Å². The molecule has 0 aliphatic heterocycles. The summed E-state index contributed by atoms with van der Waals surface area (Å²) in [6, 6.07) is 66.8. The van der Waals surface area contributed by atoms with E-state index in [1.165, 1.54) is 38.9 Å². The van der Waals surface area contributed by atoms with E-state index < -0.39 is 0 Å². The number of benzene rings is 7. The minimum absolute atomic E-state index is 0.975. The zero-order valence-corrected chi connectivity index (χ0v) is 29.4. The Morgan fingerprint density at radius 1 is 0.340 bits per heavy atom. The topological polar surface area (TPSA) is 16.1 Å². The van der Waals surface area contributed by atoms with Crippen molar-refractivity contribution in [3.8, 4) is 55.8 Å². The molecule has 0 aliphatic rings. The molecule has 53 heavy (non-hydrogen) atoms. The van der Waals surface area contributed by atoms with Crippen molar-refractivity contribution in [3.63, 3.8) is 0 Å². The molecule has 252 valence electrons. The SMILES string of the molecule is C=Cc1ccc(N(c2ccc(C=C)cc2)c2ccc(-c3cccc(-c4cccc(-c5cccc(-c6cccc(-c7ccccn7)c6)c5)c4)c3)cc2)cc1. The summed E-state index contributed by atoms with van der Waals surface area (Å²) in [5.41, 5.74) is 16.9. The maximum atomic E-state index is 4.55. The van der Waals surface area contributed by atoms with E-state index in [0.29, 0.717) is 0 Å². The predicted octanol–water partition coefficient (Wildman–Crippen LogP) is 14.2. The van der Waals surface area contributed by atoms with Gasteiger partial charge in [0.25, 0.3) is 0 Å². The van der Waals surface area contributed by atoms with Crippen molar-refractivity contribution in [1.82, 2.24) is 4.98 Å². The molecule has 0 saturated heterocycles. The second-order valence-electron chi connectivity index (χ2n) is 13.0. The lowest BCUT2D eigenvalue weighted by molar-refractivity contribution is 1.28. The van der Waals surface area contributed by atoms with Crippen molar-refractivity contribution in [1.29, 1.82) is 0 Å². The van der Waals surface area contributed by atoms with Crippen molar-refractivity contribution in [2.24, 2.45) is 0 Å². The number of hydrogen-bond acceptors (Lipinski definition) is 2. The van der Waals surface area contributed by atoms with Crippen LogP contribution in [-0.4, -0.2) is 4.98 Å². The zero-order valence-electron chi connectivity index (χ0n) is 29.4. The largest absolute Gasteiger partial charge is 0.311 e. The summed E-state index contributed by atoms with van der Waals surface area (Å²) in [5, 5.41) is 0. The van der Waals surface area contributed by atoms with Crippen molar-refractivity contribution in [2.75, 3.05) is 4.90 Å². The Kier molecular flexibility index (Phi) is 9.42. The lowest BCUT2D eigenvalue weighted by Gasteiger charge is -2.26. The summed E-state index contributed by atoms with van der Waals surface area (Å²) in [6.07, 6.45) is 5.58. The number of hydrogen-bond donors (Lipinski definition) is 0. The normalized spacial score (nSPS) is 10.8. The van der Waals surface area contributed by atoms with Gasteiger partial charge < -0.3 is 4.90 Å². The van der Waals surface area contributed by atoms with Crippen LogP contribution >= 0.6 is 0 Å². The molecule has 0 N–H and O–H groups in total. The van der Waals surface area contributed by atoms with Crippen LogP contribution in [-0.2, 0) is 0 Å². The first-order chi connectivity index (χ1) is 26.1. The lowest BCUT2D eigenvalue weighted by Crippen LogP contribution is -2.09. The molecule has 2 nitrogen and oxygen atoms in total. The molecular weight excluding hydrogens is 641 g/mol. The number of aromatic nitrogens is 1. The molecule has 7 aromatic carbocycles. The molecule has 8 rings (SSSR count). The third-order valence-electron chi connectivity index (χ3n) is 9.64. The molecule has 0 bridgehead atoms. The second-order valence-corrected chi connectivity index (χ2v) is 13.0. The molecule has 1 aromatic heterocycles. The van der Waals surface area contributed by atoms with Crippen LogP contribution in [0, 0.1) is 0 Å². The Morgan fingerprint density at radius 3 is 1.08 bits per heavy atom. The Balaban J connectivity index is 1.07. The fourth-order valence-corrected chi connectivity index (χ4v) is 6.80. The standard InChI is InChI=1S/C51H38N2/c1-3-37-20-26-48(27-21-37)53(49-28-22-38(4-2)23-29-49)50-30-24-39(25-31-50)40-11-7-12-41(33-40)42-13-8-14-43(34-42)44-15-9-16-45(35-44)46-17-10-18-47(36-46)51-19-5-6-32-52-51/h3-36H,1-2H2. The third kappa shape index (κ3) is 7.26. The third-order valence-corrected chi connectivity index (χ3v) is 9.64. The van der Waals surface area contributed by atoms with Gasteiger partial charge in [-0.15, -0.1) is 0 Å². The van der Waals surface area contributed by atoms with Gasteiger partial charge in [0, 0.05) is 28.8 Å². The minimum atomic E-state index is 0.975. The van der Waals surface area contributed by atoms with E-state index in [0.717, 1.165) is 45.0 Å². The van der Waals surface area contributed by atoms with Gasteiger partial charge in [-0.2, -0.15) is 0 Å². The number of rotatable bonds is 10. The molecule has 0 atom stereocenters. The van der Waals surface area contributed by atoms with Crippen LogP contribution in [0.4, 0.5) is 17.1 Å². The maximum Gasteiger partial charge on any atom is 0.0702 e. The monoisotopic (exact) mass is 678 g/mol. The molecular formula is C51H38N2. The quantitative estimate of drug-likeness (QED) is 0.143.